The molecule has 1 amide bonds. The van der Waals surface area contributed by atoms with Gasteiger partial charge in [0, 0.05) is 16.8 Å². The summed E-state index contributed by atoms with van der Waals surface area (Å²) >= 11 is 0. The van der Waals surface area contributed by atoms with E-state index in [0.29, 0.717) is 18.2 Å². The molecule has 0 unspecified atom stereocenters. The van der Waals surface area contributed by atoms with Crippen LogP contribution in [0, 0.1) is 5.41 Å². The van der Waals surface area contributed by atoms with E-state index in [-0.39, 0.29) is 11.6 Å². The first-order chi connectivity index (χ1) is 14.6. The molecular formula is C20H21F5N2O4S. The van der Waals surface area contributed by atoms with Gasteiger partial charge in [-0.1, -0.05) is 32.9 Å². The van der Waals surface area contributed by atoms with E-state index in [4.69, 9.17) is 0 Å². The van der Waals surface area contributed by atoms with Crippen molar-refractivity contribution in [2.75, 3.05) is 10.0 Å². The highest BCUT2D eigenvalue weighted by atomic mass is 32.2. The van der Waals surface area contributed by atoms with Gasteiger partial charge in [-0.2, -0.15) is 22.0 Å². The number of carbonyl (C=O) groups is 1. The second-order valence-electron chi connectivity index (χ2n) is 7.44. The molecule has 0 aliphatic heterocycles. The van der Waals surface area contributed by atoms with Crippen molar-refractivity contribution < 1.29 is 39.9 Å². The van der Waals surface area contributed by atoms with Crippen LogP contribution in [-0.4, -0.2) is 26.6 Å². The molecule has 2 aromatic rings. The Hall–Kier alpha value is -2.89. The Morgan fingerprint density at radius 1 is 0.938 bits per heavy atom. The van der Waals surface area contributed by atoms with Crippen LogP contribution in [0.4, 0.5) is 33.3 Å². The molecule has 2 rings (SSSR count). The molecule has 0 heterocycles. The summed E-state index contributed by atoms with van der Waals surface area (Å²) in [4.78, 5) is 11.3. The first-order valence-corrected chi connectivity index (χ1v) is 10.7. The third-order valence-electron chi connectivity index (χ3n) is 4.60. The van der Waals surface area contributed by atoms with E-state index in [1.807, 2.05) is 6.92 Å². The largest absolute Gasteiger partial charge is 0.499 e. The van der Waals surface area contributed by atoms with Crippen molar-refractivity contribution in [2.45, 2.75) is 44.4 Å². The highest BCUT2D eigenvalue weighted by Gasteiger charge is 2.61. The number of hydrogen-bond acceptors (Lipinski definition) is 4. The minimum Gasteiger partial charge on any atom is -0.424 e. The number of anilines is 2. The highest BCUT2D eigenvalue weighted by Crippen LogP contribution is 2.39. The zero-order valence-corrected chi connectivity index (χ0v) is 18.1. The Morgan fingerprint density at radius 2 is 1.47 bits per heavy atom. The van der Waals surface area contributed by atoms with Gasteiger partial charge >= 0.3 is 12.3 Å². The molecule has 0 fully saturated rings. The minimum absolute atomic E-state index is 0.0184. The lowest BCUT2D eigenvalue weighted by Crippen LogP contribution is -2.42. The summed E-state index contributed by atoms with van der Waals surface area (Å²) in [6.45, 7) is 5.36. The van der Waals surface area contributed by atoms with Crippen LogP contribution in [0.1, 0.15) is 27.2 Å². The Morgan fingerprint density at radius 3 is 2.00 bits per heavy atom. The zero-order valence-electron chi connectivity index (χ0n) is 17.3. The Balaban J connectivity index is 2.24. The molecule has 0 atom stereocenters. The fourth-order valence-corrected chi connectivity index (χ4v) is 3.43. The van der Waals surface area contributed by atoms with Crippen molar-refractivity contribution in [3.8, 4) is 5.75 Å². The number of rotatable bonds is 8. The van der Waals surface area contributed by atoms with Crippen LogP contribution in [0.3, 0.4) is 0 Å². The first kappa shape index (κ1) is 25.4. The number of ether oxygens (including phenoxy) is 1. The number of sulfonamides is 1. The molecule has 0 aromatic heterocycles. The van der Waals surface area contributed by atoms with Crippen molar-refractivity contribution in [3.63, 3.8) is 0 Å². The first-order valence-electron chi connectivity index (χ1n) is 9.26. The maximum atomic E-state index is 13.3. The summed E-state index contributed by atoms with van der Waals surface area (Å²) in [7, 11) is -4.59. The molecule has 0 aliphatic carbocycles. The van der Waals surface area contributed by atoms with Gasteiger partial charge in [0.05, 0.1) is 0 Å². The lowest BCUT2D eigenvalue weighted by molar-refractivity contribution is -0.361. The van der Waals surface area contributed by atoms with Crippen molar-refractivity contribution in [1.82, 2.24) is 0 Å². The van der Waals surface area contributed by atoms with Crippen molar-refractivity contribution in [2.24, 2.45) is 5.41 Å². The quantitative estimate of drug-likeness (QED) is 0.496. The number of nitrogens with one attached hydrogen (secondary N) is 2. The van der Waals surface area contributed by atoms with Gasteiger partial charge in [-0.3, -0.25) is 9.52 Å². The summed E-state index contributed by atoms with van der Waals surface area (Å²) in [5.74, 6) is -1.42. The van der Waals surface area contributed by atoms with Crippen LogP contribution in [0.2, 0.25) is 0 Å². The average Bonchev–Trinajstić information content (AvgIpc) is 2.68. The molecule has 0 saturated carbocycles. The molecule has 0 radical (unpaired) electrons. The molecule has 2 aromatic carbocycles. The van der Waals surface area contributed by atoms with E-state index in [1.54, 1.807) is 13.8 Å². The molecule has 32 heavy (non-hydrogen) atoms. The molecule has 6 nitrogen and oxygen atoms in total. The van der Waals surface area contributed by atoms with E-state index in [0.717, 1.165) is 18.2 Å². The SMILES string of the molecule is CCC(C)(C)C(=O)Nc1ccc(NS(=O)(=O)c2ccccc2OC(F)(F)C(F)(F)F)cc1. The fourth-order valence-electron chi connectivity index (χ4n) is 2.25. The van der Waals surface area contributed by atoms with Crippen molar-refractivity contribution in [3.05, 3.63) is 48.5 Å². The van der Waals surface area contributed by atoms with Crippen LogP contribution in [0.15, 0.2) is 53.4 Å². The number of amides is 1. The van der Waals surface area contributed by atoms with E-state index >= 15 is 0 Å². The van der Waals surface area contributed by atoms with E-state index < -0.39 is 38.4 Å². The Bertz CT molecular complexity index is 1070. The lowest BCUT2D eigenvalue weighted by Gasteiger charge is -2.22. The fraction of sp³-hybridized carbons (Fsp3) is 0.350. The molecule has 12 heteroatoms. The standard InChI is InChI=1S/C20H21F5N2O4S/c1-4-18(2,3)17(28)26-13-9-11-14(12-10-13)27-32(29,30)16-8-6-5-7-15(16)31-20(24,25)19(21,22)23/h5-12,27H,4H2,1-3H3,(H,26,28). The Kier molecular flexibility index (Phi) is 7.08. The normalized spacial score (nSPS) is 12.9. The average molecular weight is 480 g/mol. The topological polar surface area (TPSA) is 84.5 Å². The third-order valence-corrected chi connectivity index (χ3v) is 6.02. The van der Waals surface area contributed by atoms with Gasteiger partial charge in [0.1, 0.15) is 10.6 Å². The van der Waals surface area contributed by atoms with E-state index in [9.17, 15) is 35.2 Å². The maximum Gasteiger partial charge on any atom is 0.499 e. The molecule has 0 spiro atoms. The minimum atomic E-state index is -6.04. The maximum absolute atomic E-state index is 13.3. The number of halogens is 5. The van der Waals surface area contributed by atoms with Crippen LogP contribution in [-0.2, 0) is 14.8 Å². The molecule has 2 N–H and O–H groups in total. The van der Waals surface area contributed by atoms with Gasteiger partial charge in [-0.25, -0.2) is 8.42 Å². The van der Waals surface area contributed by atoms with Gasteiger partial charge in [0.15, 0.2) is 0 Å². The van der Waals surface area contributed by atoms with Crippen molar-refractivity contribution in [1.29, 1.82) is 0 Å². The van der Waals surface area contributed by atoms with Crippen LogP contribution < -0.4 is 14.8 Å². The second-order valence-corrected chi connectivity index (χ2v) is 9.09. The van der Waals surface area contributed by atoms with Gasteiger partial charge in [-0.15, -0.1) is 0 Å². The molecule has 176 valence electrons. The predicted octanol–water partition coefficient (Wildman–Crippen LogP) is 5.40. The summed E-state index contributed by atoms with van der Waals surface area (Å²) in [5.41, 5.74) is -0.259. The van der Waals surface area contributed by atoms with E-state index in [2.05, 4.69) is 14.8 Å². The summed E-state index contributed by atoms with van der Waals surface area (Å²) in [6.07, 6.45) is -11.0. The zero-order chi connectivity index (χ0) is 24.4. The number of carbonyl (C=O) groups excluding carboxylic acids is 1. The van der Waals surface area contributed by atoms with Crippen LogP contribution in [0.5, 0.6) is 5.75 Å². The monoisotopic (exact) mass is 480 g/mol. The molecule has 0 bridgehead atoms. The second kappa shape index (κ2) is 8.93. The number of benzene rings is 2. The number of para-hydroxylation sites is 1. The van der Waals surface area contributed by atoms with Crippen molar-refractivity contribution >= 4 is 27.3 Å². The molecule has 0 saturated heterocycles. The van der Waals surface area contributed by atoms with Gasteiger partial charge in [0.2, 0.25) is 5.91 Å². The smallest absolute Gasteiger partial charge is 0.424 e. The summed E-state index contributed by atoms with van der Waals surface area (Å²) < 4.78 is 94.9. The number of hydrogen-bond donors (Lipinski definition) is 2. The molecular weight excluding hydrogens is 459 g/mol. The lowest BCUT2D eigenvalue weighted by atomic mass is 9.89. The van der Waals surface area contributed by atoms with E-state index in [1.165, 1.54) is 24.3 Å². The van der Waals surface area contributed by atoms with Gasteiger partial charge in [0.25, 0.3) is 10.0 Å². The third kappa shape index (κ3) is 5.87. The van der Waals surface area contributed by atoms with Gasteiger partial charge in [-0.05, 0) is 42.8 Å². The van der Waals surface area contributed by atoms with Crippen LogP contribution >= 0.6 is 0 Å². The predicted molar refractivity (Wildman–Crippen MR) is 108 cm³/mol. The highest BCUT2D eigenvalue weighted by molar-refractivity contribution is 7.92. The summed E-state index contributed by atoms with van der Waals surface area (Å²) in [6, 6.07) is 9.09. The van der Waals surface area contributed by atoms with Gasteiger partial charge < -0.3 is 10.1 Å². The Labute approximate surface area is 181 Å². The number of alkyl halides is 5. The van der Waals surface area contributed by atoms with Crippen LogP contribution in [0.25, 0.3) is 0 Å². The summed E-state index contributed by atoms with van der Waals surface area (Å²) in [5, 5.41) is 2.68. The molecule has 0 aliphatic rings.